The van der Waals surface area contributed by atoms with Gasteiger partial charge < -0.3 is 10.6 Å². The predicted molar refractivity (Wildman–Crippen MR) is 91.4 cm³/mol. The lowest BCUT2D eigenvalue weighted by atomic mass is 10.1. The van der Waals surface area contributed by atoms with Gasteiger partial charge in [-0.05, 0) is 43.9 Å². The van der Waals surface area contributed by atoms with E-state index in [2.05, 4.69) is 10.6 Å². The summed E-state index contributed by atoms with van der Waals surface area (Å²) in [6.07, 6.45) is 5.09. The molecule has 2 aliphatic rings. The van der Waals surface area contributed by atoms with Crippen LogP contribution in [0.15, 0.2) is 18.2 Å². The van der Waals surface area contributed by atoms with E-state index in [9.17, 15) is 13.2 Å². The maximum Gasteiger partial charge on any atom is 0.319 e. The Labute approximate surface area is 137 Å². The minimum absolute atomic E-state index is 0.0757. The van der Waals surface area contributed by atoms with Crippen LogP contribution < -0.4 is 14.9 Å². The average molecular weight is 337 g/mol. The highest BCUT2D eigenvalue weighted by Crippen LogP contribution is 2.33. The van der Waals surface area contributed by atoms with E-state index in [4.69, 9.17) is 0 Å². The first-order valence-corrected chi connectivity index (χ1v) is 9.81. The third kappa shape index (κ3) is 3.44. The number of nitrogens with one attached hydrogen (secondary N) is 2. The topological polar surface area (TPSA) is 78.5 Å². The van der Waals surface area contributed by atoms with Crippen LogP contribution in [0.2, 0.25) is 0 Å². The van der Waals surface area contributed by atoms with Crippen molar-refractivity contribution in [3.8, 4) is 0 Å². The highest BCUT2D eigenvalue weighted by molar-refractivity contribution is 7.92. The Morgan fingerprint density at radius 1 is 1.30 bits per heavy atom. The quantitative estimate of drug-likeness (QED) is 0.886. The normalized spacial score (nSPS) is 18.0. The van der Waals surface area contributed by atoms with Gasteiger partial charge in [-0.1, -0.05) is 18.9 Å². The third-order valence-corrected chi connectivity index (χ3v) is 6.37. The fourth-order valence-electron chi connectivity index (χ4n) is 3.30. The van der Waals surface area contributed by atoms with Crippen molar-refractivity contribution in [3.63, 3.8) is 0 Å². The molecule has 0 atom stereocenters. The number of carbonyl (C=O) groups excluding carboxylic acids is 1. The molecule has 126 valence electrons. The number of rotatable bonds is 4. The zero-order valence-corrected chi connectivity index (χ0v) is 14.2. The van der Waals surface area contributed by atoms with E-state index < -0.39 is 10.0 Å². The van der Waals surface area contributed by atoms with E-state index in [1.165, 1.54) is 4.31 Å². The van der Waals surface area contributed by atoms with Crippen molar-refractivity contribution in [2.45, 2.75) is 45.1 Å². The van der Waals surface area contributed by atoms with E-state index in [0.717, 1.165) is 31.2 Å². The van der Waals surface area contributed by atoms with Gasteiger partial charge in [-0.15, -0.1) is 0 Å². The van der Waals surface area contributed by atoms with Crippen LogP contribution in [-0.2, 0) is 16.4 Å². The van der Waals surface area contributed by atoms with Crippen molar-refractivity contribution in [1.29, 1.82) is 0 Å². The van der Waals surface area contributed by atoms with Gasteiger partial charge >= 0.3 is 6.03 Å². The standard InChI is InChI=1S/C16H23N3O3S/c1-2-23(21,22)19-10-9-12-7-8-14(11-15(12)19)18-16(20)17-13-5-3-4-6-13/h7-8,11,13H,2-6,9-10H2,1H3,(H2,17,18,20). The zero-order valence-electron chi connectivity index (χ0n) is 13.3. The number of hydrogen-bond donors (Lipinski definition) is 2. The van der Waals surface area contributed by atoms with Crippen molar-refractivity contribution >= 4 is 27.4 Å². The second-order valence-electron chi connectivity index (χ2n) is 6.15. The Balaban J connectivity index is 1.73. The van der Waals surface area contributed by atoms with E-state index >= 15 is 0 Å². The molecule has 0 unspecified atom stereocenters. The monoisotopic (exact) mass is 337 g/mol. The van der Waals surface area contributed by atoms with Crippen LogP contribution >= 0.6 is 0 Å². The molecule has 1 aliphatic heterocycles. The molecule has 1 saturated carbocycles. The molecule has 0 spiro atoms. The summed E-state index contributed by atoms with van der Waals surface area (Å²) in [5.41, 5.74) is 2.31. The lowest BCUT2D eigenvalue weighted by Gasteiger charge is -2.19. The van der Waals surface area contributed by atoms with E-state index in [-0.39, 0.29) is 17.8 Å². The van der Waals surface area contributed by atoms with Crippen molar-refractivity contribution < 1.29 is 13.2 Å². The maximum atomic E-state index is 12.2. The zero-order chi connectivity index (χ0) is 16.4. The van der Waals surface area contributed by atoms with Gasteiger partial charge in [0.2, 0.25) is 10.0 Å². The van der Waals surface area contributed by atoms with E-state index in [1.807, 2.05) is 12.1 Å². The van der Waals surface area contributed by atoms with Gasteiger partial charge in [0, 0.05) is 18.3 Å². The van der Waals surface area contributed by atoms with E-state index in [0.29, 0.717) is 24.3 Å². The number of fused-ring (bicyclic) bond motifs is 1. The molecule has 0 saturated heterocycles. The van der Waals surface area contributed by atoms with E-state index in [1.54, 1.807) is 13.0 Å². The fourth-order valence-corrected chi connectivity index (χ4v) is 4.45. The first kappa shape index (κ1) is 16.1. The molecule has 0 radical (unpaired) electrons. The molecule has 6 nitrogen and oxygen atoms in total. The van der Waals surface area contributed by atoms with Gasteiger partial charge in [0.1, 0.15) is 0 Å². The summed E-state index contributed by atoms with van der Waals surface area (Å²) in [5, 5.41) is 5.78. The van der Waals surface area contributed by atoms with Crippen LogP contribution in [0.1, 0.15) is 38.2 Å². The highest BCUT2D eigenvalue weighted by Gasteiger charge is 2.28. The number of amides is 2. The Hall–Kier alpha value is -1.76. The molecular weight excluding hydrogens is 314 g/mol. The van der Waals surface area contributed by atoms with Crippen molar-refractivity contribution in [2.24, 2.45) is 0 Å². The van der Waals surface area contributed by atoms with Crippen molar-refractivity contribution in [1.82, 2.24) is 5.32 Å². The van der Waals surface area contributed by atoms with Crippen LogP contribution in [0.25, 0.3) is 0 Å². The molecule has 1 fully saturated rings. The molecule has 23 heavy (non-hydrogen) atoms. The summed E-state index contributed by atoms with van der Waals surface area (Å²) in [5.74, 6) is 0.0757. The molecule has 1 aromatic carbocycles. The van der Waals surface area contributed by atoms with Crippen molar-refractivity contribution in [3.05, 3.63) is 23.8 Å². The molecule has 1 heterocycles. The summed E-state index contributed by atoms with van der Waals surface area (Å²) in [4.78, 5) is 12.0. The number of hydrogen-bond acceptors (Lipinski definition) is 3. The van der Waals surface area contributed by atoms with Gasteiger partial charge in [-0.25, -0.2) is 13.2 Å². The highest BCUT2D eigenvalue weighted by atomic mass is 32.2. The van der Waals surface area contributed by atoms with Crippen LogP contribution in [-0.4, -0.2) is 32.8 Å². The average Bonchev–Trinajstić information content (AvgIpc) is 3.16. The molecule has 2 amide bonds. The molecule has 1 aliphatic carbocycles. The summed E-state index contributed by atoms with van der Waals surface area (Å²) in [6.45, 7) is 2.12. The van der Waals surface area contributed by atoms with Gasteiger partial charge in [0.15, 0.2) is 0 Å². The SMILES string of the molecule is CCS(=O)(=O)N1CCc2ccc(NC(=O)NC3CCCC3)cc21. The number of benzene rings is 1. The first-order chi connectivity index (χ1) is 11.0. The molecule has 2 N–H and O–H groups in total. The van der Waals surface area contributed by atoms with Crippen LogP contribution in [0, 0.1) is 0 Å². The molecule has 3 rings (SSSR count). The largest absolute Gasteiger partial charge is 0.335 e. The summed E-state index contributed by atoms with van der Waals surface area (Å²) < 4.78 is 25.8. The Kier molecular flexibility index (Phi) is 4.48. The lowest BCUT2D eigenvalue weighted by Crippen LogP contribution is -2.36. The van der Waals surface area contributed by atoms with Crippen LogP contribution in [0.4, 0.5) is 16.2 Å². The van der Waals surface area contributed by atoms with Gasteiger partial charge in [-0.2, -0.15) is 0 Å². The lowest BCUT2D eigenvalue weighted by molar-refractivity contribution is 0.248. The Morgan fingerprint density at radius 2 is 2.04 bits per heavy atom. The molecule has 0 aromatic heterocycles. The second kappa shape index (κ2) is 6.39. The van der Waals surface area contributed by atoms with Gasteiger partial charge in [-0.3, -0.25) is 4.31 Å². The van der Waals surface area contributed by atoms with Crippen LogP contribution in [0.5, 0.6) is 0 Å². The molecular formula is C16H23N3O3S. The minimum atomic E-state index is -3.27. The maximum absolute atomic E-state index is 12.2. The first-order valence-electron chi connectivity index (χ1n) is 8.20. The minimum Gasteiger partial charge on any atom is -0.335 e. The fraction of sp³-hybridized carbons (Fsp3) is 0.562. The second-order valence-corrected chi connectivity index (χ2v) is 8.33. The predicted octanol–water partition coefficient (Wildman–Crippen LogP) is 2.46. The smallest absolute Gasteiger partial charge is 0.319 e. The number of urea groups is 1. The third-order valence-electron chi connectivity index (χ3n) is 4.59. The number of nitrogens with zero attached hydrogens (tertiary/aromatic N) is 1. The van der Waals surface area contributed by atoms with Gasteiger partial charge in [0.05, 0.1) is 11.4 Å². The van der Waals surface area contributed by atoms with Gasteiger partial charge in [0.25, 0.3) is 0 Å². The molecule has 0 bridgehead atoms. The number of anilines is 2. The molecule has 7 heteroatoms. The number of carbonyl (C=O) groups is 1. The van der Waals surface area contributed by atoms with Crippen molar-refractivity contribution in [2.75, 3.05) is 21.9 Å². The summed E-state index contributed by atoms with van der Waals surface area (Å²) in [7, 11) is -3.27. The molecule has 1 aromatic rings. The summed E-state index contributed by atoms with van der Waals surface area (Å²) >= 11 is 0. The summed E-state index contributed by atoms with van der Waals surface area (Å²) in [6, 6.07) is 5.51. The number of sulfonamides is 1. The van der Waals surface area contributed by atoms with Crippen LogP contribution in [0.3, 0.4) is 0 Å². The Morgan fingerprint density at radius 3 is 2.74 bits per heavy atom. The Bertz CT molecular complexity index is 697.